The topological polar surface area (TPSA) is 78.3 Å². The summed E-state index contributed by atoms with van der Waals surface area (Å²) in [7, 11) is 0. The number of benzene rings is 2. The third kappa shape index (κ3) is 5.45. The molecular weight excluding hydrogens is 483 g/mol. The van der Waals surface area contributed by atoms with E-state index in [1.807, 2.05) is 0 Å². The van der Waals surface area contributed by atoms with Gasteiger partial charge < -0.3 is 14.4 Å². The molecule has 0 unspecified atom stereocenters. The summed E-state index contributed by atoms with van der Waals surface area (Å²) in [5, 5.41) is 3.64. The molecule has 0 atom stereocenters. The molecular formula is C27H28F3N5O2. The van der Waals surface area contributed by atoms with E-state index < -0.39 is 11.7 Å². The minimum atomic E-state index is -4.48. The predicted molar refractivity (Wildman–Crippen MR) is 133 cm³/mol. The second-order valence-corrected chi connectivity index (χ2v) is 9.41. The molecule has 1 aliphatic heterocycles. The maximum Gasteiger partial charge on any atom is 0.416 e. The van der Waals surface area contributed by atoms with Crippen LogP contribution in [0.15, 0.2) is 47.1 Å². The molecule has 2 aromatic carbocycles. The first-order valence-electron chi connectivity index (χ1n) is 12.3. The quantitative estimate of drug-likeness (QED) is 0.348. The molecule has 5 rings (SSSR count). The number of rotatable bonds is 7. The molecule has 1 fully saturated rings. The Morgan fingerprint density at radius 3 is 2.51 bits per heavy atom. The Labute approximate surface area is 212 Å². The average Bonchev–Trinajstić information content (AvgIpc) is 3.50. The number of hydrogen-bond acceptors (Lipinski definition) is 6. The van der Waals surface area contributed by atoms with Gasteiger partial charge in [0.05, 0.1) is 28.4 Å². The van der Waals surface area contributed by atoms with Gasteiger partial charge in [0.15, 0.2) is 5.78 Å². The molecule has 0 spiro atoms. The molecule has 2 aromatic heterocycles. The van der Waals surface area contributed by atoms with E-state index in [-0.39, 0.29) is 24.3 Å². The smallest absolute Gasteiger partial charge is 0.361 e. The molecule has 1 saturated heterocycles. The van der Waals surface area contributed by atoms with Crippen molar-refractivity contribution >= 4 is 16.8 Å². The van der Waals surface area contributed by atoms with Crippen molar-refractivity contribution in [3.63, 3.8) is 0 Å². The highest BCUT2D eigenvalue weighted by molar-refractivity contribution is 5.98. The summed E-state index contributed by atoms with van der Waals surface area (Å²) in [6, 6.07) is 9.76. The van der Waals surface area contributed by atoms with Gasteiger partial charge in [-0.25, -0.2) is 4.98 Å². The summed E-state index contributed by atoms with van der Waals surface area (Å²) < 4.78 is 47.1. The van der Waals surface area contributed by atoms with Gasteiger partial charge >= 0.3 is 6.18 Å². The van der Waals surface area contributed by atoms with Gasteiger partial charge in [-0.2, -0.15) is 13.2 Å². The van der Waals surface area contributed by atoms with Crippen LogP contribution < -0.4 is 0 Å². The van der Waals surface area contributed by atoms with Crippen molar-refractivity contribution in [1.82, 2.24) is 24.9 Å². The Balaban J connectivity index is 1.38. The minimum absolute atomic E-state index is 0.126. The number of aromatic nitrogens is 3. The number of piperazine rings is 1. The zero-order chi connectivity index (χ0) is 26.2. The number of imidazole rings is 1. The van der Waals surface area contributed by atoms with Crippen molar-refractivity contribution in [2.75, 3.05) is 32.7 Å². The molecule has 0 amide bonds. The monoisotopic (exact) mass is 511 g/mol. The van der Waals surface area contributed by atoms with E-state index in [9.17, 15) is 18.0 Å². The Kier molecular flexibility index (Phi) is 6.87. The summed E-state index contributed by atoms with van der Waals surface area (Å²) >= 11 is 0. The second-order valence-electron chi connectivity index (χ2n) is 9.41. The van der Waals surface area contributed by atoms with Crippen LogP contribution in [0.25, 0.3) is 22.4 Å². The largest absolute Gasteiger partial charge is 0.416 e. The van der Waals surface area contributed by atoms with Crippen LogP contribution in [0, 0.1) is 6.92 Å². The van der Waals surface area contributed by atoms with Crippen LogP contribution in [-0.2, 0) is 19.1 Å². The average molecular weight is 512 g/mol. The number of alkyl halides is 3. The van der Waals surface area contributed by atoms with E-state index in [1.165, 1.54) is 12.3 Å². The van der Waals surface area contributed by atoms with E-state index in [4.69, 9.17) is 4.52 Å². The molecule has 0 bridgehead atoms. The maximum atomic E-state index is 14.0. The van der Waals surface area contributed by atoms with Gasteiger partial charge in [-0.05, 0) is 42.8 Å². The lowest BCUT2D eigenvalue weighted by Gasteiger charge is -2.34. The van der Waals surface area contributed by atoms with Gasteiger partial charge in [0.25, 0.3) is 0 Å². The fourth-order valence-electron chi connectivity index (χ4n) is 4.78. The number of nitrogens with one attached hydrogen (secondary N) is 1. The van der Waals surface area contributed by atoms with E-state index >= 15 is 0 Å². The fraction of sp³-hybridized carbons (Fsp3) is 0.370. The molecule has 0 radical (unpaired) electrons. The third-order valence-corrected chi connectivity index (χ3v) is 6.96. The number of carbonyl (C=O) groups excluding carboxylic acids is 1. The van der Waals surface area contributed by atoms with Crippen LogP contribution in [-0.4, -0.2) is 63.4 Å². The molecule has 3 heterocycles. The molecule has 1 N–H and O–H groups in total. The first-order chi connectivity index (χ1) is 17.7. The minimum Gasteiger partial charge on any atom is -0.361 e. The van der Waals surface area contributed by atoms with Gasteiger partial charge in [0.2, 0.25) is 0 Å². The zero-order valence-electron chi connectivity index (χ0n) is 20.7. The van der Waals surface area contributed by atoms with Gasteiger partial charge in [0.1, 0.15) is 11.6 Å². The summed E-state index contributed by atoms with van der Waals surface area (Å²) in [5.41, 5.74) is 2.43. The highest BCUT2D eigenvalue weighted by Crippen LogP contribution is 2.35. The summed E-state index contributed by atoms with van der Waals surface area (Å²) in [5.74, 6) is 0.684. The number of hydrogen-bond donors (Lipinski definition) is 1. The highest BCUT2D eigenvalue weighted by Gasteiger charge is 2.34. The number of carbonyl (C=O) groups is 1. The number of nitrogens with zero attached hydrogens (tertiary/aromatic N) is 4. The van der Waals surface area contributed by atoms with Gasteiger partial charge in [-0.3, -0.25) is 9.69 Å². The summed E-state index contributed by atoms with van der Waals surface area (Å²) in [6.45, 7) is 8.20. The molecule has 1 aliphatic rings. The number of ketones is 1. The molecule has 0 aliphatic carbocycles. The lowest BCUT2D eigenvalue weighted by atomic mass is 10.0. The molecule has 4 aromatic rings. The predicted octanol–water partition coefficient (Wildman–Crippen LogP) is 5.11. The fourth-order valence-corrected chi connectivity index (χ4v) is 4.78. The third-order valence-electron chi connectivity index (χ3n) is 6.96. The summed E-state index contributed by atoms with van der Waals surface area (Å²) in [6.07, 6.45) is -2.93. The van der Waals surface area contributed by atoms with E-state index in [1.54, 1.807) is 37.3 Å². The van der Waals surface area contributed by atoms with Crippen molar-refractivity contribution in [2.45, 2.75) is 33.0 Å². The number of halogens is 3. The Morgan fingerprint density at radius 2 is 1.84 bits per heavy atom. The SMILES string of the molecule is CCN1CCN(Cc2ccc(-c3nc4ccc(CC(=O)c5cnoc5C)cc4[nH]3)cc2C(F)(F)F)CC1. The van der Waals surface area contributed by atoms with Gasteiger partial charge in [-0.15, -0.1) is 0 Å². The normalized spacial score (nSPS) is 15.5. The van der Waals surface area contributed by atoms with Crippen LogP contribution in [0.3, 0.4) is 0 Å². The number of aryl methyl sites for hydroxylation is 1. The van der Waals surface area contributed by atoms with Crippen LogP contribution in [0.2, 0.25) is 0 Å². The van der Waals surface area contributed by atoms with Crippen LogP contribution >= 0.6 is 0 Å². The number of fused-ring (bicyclic) bond motifs is 1. The molecule has 7 nitrogen and oxygen atoms in total. The second kappa shape index (κ2) is 10.1. The molecule has 37 heavy (non-hydrogen) atoms. The van der Waals surface area contributed by atoms with Gasteiger partial charge in [0, 0.05) is 44.7 Å². The number of likely N-dealkylation sites (N-methyl/N-ethyl adjacent to an activating group) is 1. The Morgan fingerprint density at radius 1 is 1.08 bits per heavy atom. The van der Waals surface area contributed by atoms with Crippen molar-refractivity contribution in [1.29, 1.82) is 0 Å². The summed E-state index contributed by atoms with van der Waals surface area (Å²) in [4.78, 5) is 24.6. The first-order valence-corrected chi connectivity index (χ1v) is 12.3. The number of aromatic amines is 1. The van der Waals surface area contributed by atoms with Crippen molar-refractivity contribution in [2.24, 2.45) is 0 Å². The van der Waals surface area contributed by atoms with Crippen molar-refractivity contribution in [3.05, 3.63) is 70.6 Å². The van der Waals surface area contributed by atoms with Crippen LogP contribution in [0.5, 0.6) is 0 Å². The standard InChI is InChI=1S/C27H28F3N5O2/c1-3-34-8-10-35(11-9-34)16-20-6-5-19(14-22(20)27(28,29)30)26-32-23-7-4-18(12-24(23)33-26)13-25(36)21-15-31-37-17(21)2/h4-7,12,14-15H,3,8-11,13,16H2,1-2H3,(H,32,33). The van der Waals surface area contributed by atoms with Crippen LogP contribution in [0.1, 0.15) is 39.7 Å². The number of H-pyrrole nitrogens is 1. The Hall–Kier alpha value is -3.50. The first kappa shape index (κ1) is 25.2. The molecule has 0 saturated carbocycles. The zero-order valence-corrected chi connectivity index (χ0v) is 20.7. The highest BCUT2D eigenvalue weighted by atomic mass is 19.4. The number of Topliss-reactive ketones (excluding diaryl/α,β-unsaturated/α-hetero) is 1. The molecule has 194 valence electrons. The lowest BCUT2D eigenvalue weighted by molar-refractivity contribution is -0.138. The van der Waals surface area contributed by atoms with E-state index in [0.29, 0.717) is 33.7 Å². The van der Waals surface area contributed by atoms with Crippen molar-refractivity contribution in [3.8, 4) is 11.4 Å². The van der Waals surface area contributed by atoms with Crippen molar-refractivity contribution < 1.29 is 22.5 Å². The van der Waals surface area contributed by atoms with Crippen LogP contribution in [0.4, 0.5) is 13.2 Å². The lowest BCUT2D eigenvalue weighted by Crippen LogP contribution is -2.45. The van der Waals surface area contributed by atoms with E-state index in [0.717, 1.165) is 38.3 Å². The maximum absolute atomic E-state index is 14.0. The Bertz CT molecular complexity index is 1420. The van der Waals surface area contributed by atoms with Gasteiger partial charge in [-0.1, -0.05) is 30.3 Å². The van der Waals surface area contributed by atoms with E-state index in [2.05, 4.69) is 31.8 Å². The molecule has 10 heteroatoms.